The Morgan fingerprint density at radius 2 is 1.82 bits per heavy atom. The Bertz CT molecular complexity index is 965. The fourth-order valence-electron chi connectivity index (χ4n) is 4.28. The second-order valence-corrected chi connectivity index (χ2v) is 10.4. The number of benzene rings is 2. The highest BCUT2D eigenvalue weighted by atomic mass is 35.5. The summed E-state index contributed by atoms with van der Waals surface area (Å²) >= 11 is 12.2. The van der Waals surface area contributed by atoms with Crippen LogP contribution in [0.15, 0.2) is 47.4 Å². The molecule has 150 valence electrons. The summed E-state index contributed by atoms with van der Waals surface area (Å²) in [5, 5.41) is 0.600. The van der Waals surface area contributed by atoms with Crippen molar-refractivity contribution in [1.82, 2.24) is 9.21 Å². The van der Waals surface area contributed by atoms with E-state index in [-0.39, 0.29) is 9.92 Å². The predicted octanol–water partition coefficient (Wildman–Crippen LogP) is 4.45. The molecule has 0 aliphatic carbocycles. The second kappa shape index (κ2) is 8.33. The first-order chi connectivity index (χ1) is 13.4. The molecule has 0 bridgehead atoms. The molecule has 0 aromatic heterocycles. The summed E-state index contributed by atoms with van der Waals surface area (Å²) in [6.45, 7) is 3.96. The molecule has 7 heteroatoms. The molecule has 28 heavy (non-hydrogen) atoms. The summed E-state index contributed by atoms with van der Waals surface area (Å²) in [6, 6.07) is 13.2. The minimum absolute atomic E-state index is 0.106. The molecule has 0 spiro atoms. The van der Waals surface area contributed by atoms with E-state index in [0.717, 1.165) is 38.9 Å². The second-order valence-electron chi connectivity index (χ2n) is 7.70. The summed E-state index contributed by atoms with van der Waals surface area (Å²) in [5.74, 6) is 0.326. The third-order valence-corrected chi connectivity index (χ3v) is 8.30. The molecular formula is C21H24Cl2N2O2S. The highest BCUT2D eigenvalue weighted by molar-refractivity contribution is 7.89. The molecule has 0 radical (unpaired) electrons. The Labute approximate surface area is 177 Å². The van der Waals surface area contributed by atoms with Gasteiger partial charge in [-0.2, -0.15) is 4.31 Å². The predicted molar refractivity (Wildman–Crippen MR) is 113 cm³/mol. The van der Waals surface area contributed by atoms with Crippen LogP contribution < -0.4 is 0 Å². The lowest BCUT2D eigenvalue weighted by Crippen LogP contribution is -2.44. The maximum absolute atomic E-state index is 13.1. The molecule has 2 aromatic carbocycles. The first kappa shape index (κ1) is 20.2. The van der Waals surface area contributed by atoms with Gasteiger partial charge in [0.05, 0.1) is 5.02 Å². The maximum atomic E-state index is 13.1. The van der Waals surface area contributed by atoms with E-state index >= 15 is 0 Å². The monoisotopic (exact) mass is 438 g/mol. The van der Waals surface area contributed by atoms with Crippen molar-refractivity contribution < 1.29 is 8.42 Å². The standard InChI is InChI=1S/C21H24Cl2N2O2S/c22-19-7-8-20(23)21(12-19)28(26,27)25-10-3-4-16(14-25)13-24-11-9-17-5-1-2-6-18(17)15-24/h1-2,5-8,12,16H,3-4,9-11,13-15H2. The number of halogens is 2. The average molecular weight is 439 g/mol. The van der Waals surface area contributed by atoms with E-state index in [2.05, 4.69) is 29.2 Å². The van der Waals surface area contributed by atoms with E-state index in [0.29, 0.717) is 24.0 Å². The highest BCUT2D eigenvalue weighted by Crippen LogP contribution is 2.31. The molecule has 0 saturated carbocycles. The van der Waals surface area contributed by atoms with E-state index in [9.17, 15) is 8.42 Å². The largest absolute Gasteiger partial charge is 0.298 e. The van der Waals surface area contributed by atoms with Gasteiger partial charge in [0, 0.05) is 37.7 Å². The van der Waals surface area contributed by atoms with Crippen LogP contribution in [0.4, 0.5) is 0 Å². The van der Waals surface area contributed by atoms with E-state index in [1.807, 2.05) is 0 Å². The Morgan fingerprint density at radius 1 is 1.04 bits per heavy atom. The number of hydrogen-bond donors (Lipinski definition) is 0. The topological polar surface area (TPSA) is 40.6 Å². The van der Waals surface area contributed by atoms with Crippen LogP contribution in [0.3, 0.4) is 0 Å². The zero-order valence-electron chi connectivity index (χ0n) is 15.7. The zero-order valence-corrected chi connectivity index (χ0v) is 18.0. The van der Waals surface area contributed by atoms with Gasteiger partial charge < -0.3 is 0 Å². The number of hydrogen-bond acceptors (Lipinski definition) is 3. The normalized spacial score (nSPS) is 21.4. The highest BCUT2D eigenvalue weighted by Gasteiger charge is 2.32. The van der Waals surface area contributed by atoms with Crippen molar-refractivity contribution in [3.05, 3.63) is 63.6 Å². The third-order valence-electron chi connectivity index (χ3n) is 5.72. The van der Waals surface area contributed by atoms with Gasteiger partial charge in [0.15, 0.2) is 0 Å². The molecule has 2 aromatic rings. The van der Waals surface area contributed by atoms with Crippen LogP contribution in [-0.2, 0) is 23.0 Å². The van der Waals surface area contributed by atoms with Crippen LogP contribution in [0.25, 0.3) is 0 Å². The fraction of sp³-hybridized carbons (Fsp3) is 0.429. The van der Waals surface area contributed by atoms with Crippen molar-refractivity contribution >= 4 is 33.2 Å². The number of rotatable bonds is 4. The van der Waals surface area contributed by atoms with Gasteiger partial charge in [-0.25, -0.2) is 8.42 Å². The number of sulfonamides is 1. The minimum atomic E-state index is -3.64. The summed E-state index contributed by atoms with van der Waals surface area (Å²) in [7, 11) is -3.64. The summed E-state index contributed by atoms with van der Waals surface area (Å²) in [4.78, 5) is 2.56. The molecular weight excluding hydrogens is 415 g/mol. The summed E-state index contributed by atoms with van der Waals surface area (Å²) < 4.78 is 27.8. The quantitative estimate of drug-likeness (QED) is 0.707. The summed E-state index contributed by atoms with van der Waals surface area (Å²) in [5.41, 5.74) is 2.82. The van der Waals surface area contributed by atoms with Crippen LogP contribution in [0.1, 0.15) is 24.0 Å². The van der Waals surface area contributed by atoms with Gasteiger partial charge in [-0.15, -0.1) is 0 Å². The molecule has 1 unspecified atom stereocenters. The van der Waals surface area contributed by atoms with Crippen molar-refractivity contribution in [3.63, 3.8) is 0 Å². The van der Waals surface area contributed by atoms with Gasteiger partial charge in [0.2, 0.25) is 10.0 Å². The minimum Gasteiger partial charge on any atom is -0.298 e. The molecule has 0 amide bonds. The van der Waals surface area contributed by atoms with Crippen molar-refractivity contribution in [1.29, 1.82) is 0 Å². The molecule has 2 heterocycles. The molecule has 0 N–H and O–H groups in total. The van der Waals surface area contributed by atoms with Gasteiger partial charge in [0.25, 0.3) is 0 Å². The van der Waals surface area contributed by atoms with Gasteiger partial charge in [-0.05, 0) is 54.5 Å². The van der Waals surface area contributed by atoms with Crippen molar-refractivity contribution in [3.8, 4) is 0 Å². The number of piperidine rings is 1. The third kappa shape index (κ3) is 4.24. The lowest BCUT2D eigenvalue weighted by atomic mass is 9.95. The Morgan fingerprint density at radius 3 is 2.64 bits per heavy atom. The molecule has 4 nitrogen and oxygen atoms in total. The van der Waals surface area contributed by atoms with Gasteiger partial charge in [-0.1, -0.05) is 47.5 Å². The van der Waals surface area contributed by atoms with E-state index in [4.69, 9.17) is 23.2 Å². The molecule has 4 rings (SSSR count). The summed E-state index contributed by atoms with van der Waals surface area (Å²) in [6.07, 6.45) is 2.98. The Kier molecular flexibility index (Phi) is 6.00. The molecule has 1 atom stereocenters. The Hall–Kier alpha value is -1.11. The van der Waals surface area contributed by atoms with Gasteiger partial charge >= 0.3 is 0 Å². The van der Waals surface area contributed by atoms with Crippen LogP contribution in [-0.4, -0.2) is 43.8 Å². The van der Waals surface area contributed by atoms with Gasteiger partial charge in [-0.3, -0.25) is 4.90 Å². The van der Waals surface area contributed by atoms with Crippen LogP contribution >= 0.6 is 23.2 Å². The van der Waals surface area contributed by atoms with Crippen LogP contribution in [0.2, 0.25) is 10.0 Å². The first-order valence-electron chi connectivity index (χ1n) is 9.68. The molecule has 1 fully saturated rings. The van der Waals surface area contributed by atoms with Crippen molar-refractivity contribution in [2.24, 2.45) is 5.92 Å². The maximum Gasteiger partial charge on any atom is 0.244 e. The molecule has 1 saturated heterocycles. The molecule has 2 aliphatic heterocycles. The SMILES string of the molecule is O=S(=O)(c1cc(Cl)ccc1Cl)N1CCCC(CN2CCc3ccccc3C2)C1. The van der Waals surface area contributed by atoms with Crippen molar-refractivity contribution in [2.75, 3.05) is 26.2 Å². The van der Waals surface area contributed by atoms with E-state index in [1.165, 1.54) is 17.2 Å². The average Bonchev–Trinajstić information content (AvgIpc) is 2.70. The number of nitrogens with zero attached hydrogens (tertiary/aromatic N) is 2. The lowest BCUT2D eigenvalue weighted by Gasteiger charge is -2.36. The van der Waals surface area contributed by atoms with E-state index < -0.39 is 10.0 Å². The van der Waals surface area contributed by atoms with Crippen molar-refractivity contribution in [2.45, 2.75) is 30.7 Å². The van der Waals surface area contributed by atoms with Crippen LogP contribution in [0, 0.1) is 5.92 Å². The lowest BCUT2D eigenvalue weighted by molar-refractivity contribution is 0.167. The first-order valence-corrected chi connectivity index (χ1v) is 11.9. The van der Waals surface area contributed by atoms with Crippen LogP contribution in [0.5, 0.6) is 0 Å². The Balaban J connectivity index is 1.45. The van der Waals surface area contributed by atoms with Gasteiger partial charge in [0.1, 0.15) is 4.90 Å². The number of fused-ring (bicyclic) bond motifs is 1. The fourth-order valence-corrected chi connectivity index (χ4v) is 6.58. The zero-order chi connectivity index (χ0) is 19.7. The molecule has 2 aliphatic rings. The smallest absolute Gasteiger partial charge is 0.244 e. The van der Waals surface area contributed by atoms with E-state index in [1.54, 1.807) is 16.4 Å².